The molecule has 0 unspecified atom stereocenters. The van der Waals surface area contributed by atoms with E-state index in [4.69, 9.17) is 4.42 Å². The van der Waals surface area contributed by atoms with E-state index in [1.165, 1.54) is 0 Å². The molecule has 1 N–H and O–H groups in total. The molecule has 0 bridgehead atoms. The summed E-state index contributed by atoms with van der Waals surface area (Å²) in [6.07, 6.45) is 3.24. The number of rotatable bonds is 3. The number of likely N-dealkylation sites (tertiary alicyclic amines) is 1. The first-order chi connectivity index (χ1) is 14.6. The molecule has 1 aromatic carbocycles. The average Bonchev–Trinajstić information content (AvgIpc) is 3.31. The summed E-state index contributed by atoms with van der Waals surface area (Å²) in [4.78, 5) is 27.4. The summed E-state index contributed by atoms with van der Waals surface area (Å²) in [5.41, 5.74) is 2.27. The highest BCUT2D eigenvalue weighted by Crippen LogP contribution is 2.30. The molecule has 3 heterocycles. The van der Waals surface area contributed by atoms with Gasteiger partial charge in [0.15, 0.2) is 5.76 Å². The van der Waals surface area contributed by atoms with Crippen LogP contribution in [0.3, 0.4) is 0 Å². The molecule has 7 nitrogen and oxygen atoms in total. The van der Waals surface area contributed by atoms with Gasteiger partial charge in [-0.05, 0) is 38.3 Å². The van der Waals surface area contributed by atoms with Crippen LogP contribution in [-0.2, 0) is 4.79 Å². The Morgan fingerprint density at radius 3 is 2.52 bits per heavy atom. The highest BCUT2D eigenvalue weighted by atomic mass is 16.3. The number of carbonyl (C=O) groups is 2. The molecule has 31 heavy (non-hydrogen) atoms. The van der Waals surface area contributed by atoms with Gasteiger partial charge in [0.05, 0.1) is 12.2 Å². The Balaban J connectivity index is 1.45. The third-order valence-electron chi connectivity index (χ3n) is 5.98. The number of amides is 2. The fourth-order valence-electron chi connectivity index (χ4n) is 4.00. The second-order valence-electron chi connectivity index (χ2n) is 9.44. The maximum absolute atomic E-state index is 13.1. The van der Waals surface area contributed by atoms with Crippen LogP contribution < -0.4 is 5.32 Å². The minimum Gasteiger partial charge on any atom is -0.451 e. The minimum atomic E-state index is -0.478. The number of nitrogens with zero attached hydrogens (tertiary/aromatic N) is 3. The van der Waals surface area contributed by atoms with Crippen molar-refractivity contribution in [3.05, 3.63) is 47.3 Å². The van der Waals surface area contributed by atoms with Crippen molar-refractivity contribution in [2.24, 2.45) is 5.41 Å². The van der Waals surface area contributed by atoms with Crippen LogP contribution in [0.1, 0.15) is 61.3 Å². The predicted octanol–water partition coefficient (Wildman–Crippen LogP) is 4.71. The molecule has 2 amide bonds. The molecule has 1 saturated heterocycles. The number of furan rings is 1. The normalized spacial score (nSPS) is 15.5. The van der Waals surface area contributed by atoms with Gasteiger partial charge in [0.25, 0.3) is 5.91 Å². The SMILES string of the molecule is Cc1ccc2c(C)c(C(=O)N3CCC(n4nccc4NC(=O)C(C)(C)C)CC3)oc2c1. The molecule has 7 heteroatoms. The molecule has 1 fully saturated rings. The molecular weight excluding hydrogens is 392 g/mol. The van der Waals surface area contributed by atoms with E-state index in [1.54, 1.807) is 6.20 Å². The molecule has 4 rings (SSSR count). The molecule has 2 aromatic heterocycles. The number of fused-ring (bicyclic) bond motifs is 1. The largest absolute Gasteiger partial charge is 0.451 e. The molecule has 0 aliphatic carbocycles. The zero-order chi connectivity index (χ0) is 22.3. The van der Waals surface area contributed by atoms with Gasteiger partial charge in [-0.1, -0.05) is 32.9 Å². The summed E-state index contributed by atoms with van der Waals surface area (Å²) in [5, 5.41) is 8.40. The van der Waals surface area contributed by atoms with E-state index in [1.807, 2.05) is 68.5 Å². The molecule has 1 aliphatic heterocycles. The first-order valence-corrected chi connectivity index (χ1v) is 10.8. The lowest BCUT2D eigenvalue weighted by atomic mass is 9.96. The predicted molar refractivity (Wildman–Crippen MR) is 120 cm³/mol. The Kier molecular flexibility index (Phi) is 5.37. The van der Waals surface area contributed by atoms with Gasteiger partial charge < -0.3 is 14.6 Å². The Morgan fingerprint density at radius 1 is 1.13 bits per heavy atom. The maximum Gasteiger partial charge on any atom is 0.289 e. The Morgan fingerprint density at radius 2 is 1.84 bits per heavy atom. The van der Waals surface area contributed by atoms with Gasteiger partial charge in [-0.25, -0.2) is 4.68 Å². The van der Waals surface area contributed by atoms with E-state index in [2.05, 4.69) is 10.4 Å². The van der Waals surface area contributed by atoms with Gasteiger partial charge >= 0.3 is 0 Å². The Bertz CT molecular complexity index is 1130. The maximum atomic E-state index is 13.1. The Hall–Kier alpha value is -3.09. The van der Waals surface area contributed by atoms with Crippen molar-refractivity contribution in [1.82, 2.24) is 14.7 Å². The van der Waals surface area contributed by atoms with Crippen LogP contribution in [0.4, 0.5) is 5.82 Å². The number of benzene rings is 1. The third-order valence-corrected chi connectivity index (χ3v) is 5.98. The lowest BCUT2D eigenvalue weighted by molar-refractivity contribution is -0.123. The van der Waals surface area contributed by atoms with Crippen LogP contribution >= 0.6 is 0 Å². The molecule has 1 aliphatic rings. The number of hydrogen-bond donors (Lipinski definition) is 1. The summed E-state index contributed by atoms with van der Waals surface area (Å²) >= 11 is 0. The summed E-state index contributed by atoms with van der Waals surface area (Å²) in [6.45, 7) is 10.8. The smallest absolute Gasteiger partial charge is 0.289 e. The van der Waals surface area contributed by atoms with Crippen molar-refractivity contribution in [3.63, 3.8) is 0 Å². The van der Waals surface area contributed by atoms with Gasteiger partial charge in [-0.2, -0.15) is 5.10 Å². The van der Waals surface area contributed by atoms with Gasteiger partial charge in [0, 0.05) is 35.5 Å². The number of hydrogen-bond acceptors (Lipinski definition) is 4. The van der Waals surface area contributed by atoms with Crippen LogP contribution in [0.25, 0.3) is 11.0 Å². The number of anilines is 1. The van der Waals surface area contributed by atoms with Crippen molar-refractivity contribution in [2.45, 2.75) is 53.5 Å². The average molecular weight is 423 g/mol. The monoisotopic (exact) mass is 422 g/mol. The zero-order valence-corrected chi connectivity index (χ0v) is 18.9. The van der Waals surface area contributed by atoms with Crippen LogP contribution in [0.2, 0.25) is 0 Å². The number of aryl methyl sites for hydroxylation is 2. The lowest BCUT2D eigenvalue weighted by Crippen LogP contribution is -2.39. The highest BCUT2D eigenvalue weighted by Gasteiger charge is 2.30. The number of piperidine rings is 1. The Labute approximate surface area is 182 Å². The van der Waals surface area contributed by atoms with Crippen molar-refractivity contribution >= 4 is 28.6 Å². The summed E-state index contributed by atoms with van der Waals surface area (Å²) in [5.74, 6) is 1.02. The molecule has 164 valence electrons. The van der Waals surface area contributed by atoms with Crippen LogP contribution in [0.5, 0.6) is 0 Å². The summed E-state index contributed by atoms with van der Waals surface area (Å²) in [7, 11) is 0. The second kappa shape index (κ2) is 7.87. The summed E-state index contributed by atoms with van der Waals surface area (Å²) < 4.78 is 7.81. The first kappa shape index (κ1) is 21.2. The van der Waals surface area contributed by atoms with E-state index in [9.17, 15) is 9.59 Å². The van der Waals surface area contributed by atoms with Gasteiger partial charge in [0.2, 0.25) is 5.91 Å². The van der Waals surface area contributed by atoms with Gasteiger partial charge in [0.1, 0.15) is 11.4 Å². The van der Waals surface area contributed by atoms with E-state index in [0.717, 1.165) is 34.9 Å². The lowest BCUT2D eigenvalue weighted by Gasteiger charge is -2.32. The topological polar surface area (TPSA) is 80.4 Å². The highest BCUT2D eigenvalue weighted by molar-refractivity contribution is 5.99. The number of aromatic nitrogens is 2. The van der Waals surface area contributed by atoms with Crippen molar-refractivity contribution < 1.29 is 14.0 Å². The zero-order valence-electron chi connectivity index (χ0n) is 18.9. The van der Waals surface area contributed by atoms with E-state index in [0.29, 0.717) is 24.7 Å². The van der Waals surface area contributed by atoms with Crippen molar-refractivity contribution in [2.75, 3.05) is 18.4 Å². The quantitative estimate of drug-likeness (QED) is 0.663. The third kappa shape index (κ3) is 4.09. The van der Waals surface area contributed by atoms with Crippen molar-refractivity contribution in [1.29, 1.82) is 0 Å². The van der Waals surface area contributed by atoms with Crippen LogP contribution in [-0.4, -0.2) is 39.6 Å². The van der Waals surface area contributed by atoms with E-state index >= 15 is 0 Å². The molecule has 0 radical (unpaired) electrons. The van der Waals surface area contributed by atoms with Crippen LogP contribution in [0, 0.1) is 19.3 Å². The van der Waals surface area contributed by atoms with E-state index in [-0.39, 0.29) is 17.9 Å². The molecule has 0 atom stereocenters. The fraction of sp³-hybridized carbons (Fsp3) is 0.458. The molecular formula is C24H30N4O3. The summed E-state index contributed by atoms with van der Waals surface area (Å²) in [6, 6.07) is 7.97. The van der Waals surface area contributed by atoms with Crippen molar-refractivity contribution in [3.8, 4) is 0 Å². The standard InChI is InChI=1S/C24H30N4O3/c1-15-6-7-18-16(2)21(31-19(18)14-15)22(29)27-12-9-17(10-13-27)28-20(8-11-25-28)26-23(30)24(3,4)5/h6-8,11,14,17H,9-10,12-13H2,1-5H3,(H,26,30). The minimum absolute atomic E-state index is 0.0440. The first-order valence-electron chi connectivity index (χ1n) is 10.8. The molecule has 0 spiro atoms. The van der Waals surface area contributed by atoms with E-state index < -0.39 is 5.41 Å². The van der Waals surface area contributed by atoms with Gasteiger partial charge in [-0.15, -0.1) is 0 Å². The van der Waals surface area contributed by atoms with Gasteiger partial charge in [-0.3, -0.25) is 9.59 Å². The second-order valence-corrected chi connectivity index (χ2v) is 9.44. The number of carbonyl (C=O) groups excluding carboxylic acids is 2. The van der Waals surface area contributed by atoms with Crippen LogP contribution in [0.15, 0.2) is 34.9 Å². The number of nitrogens with one attached hydrogen (secondary N) is 1. The molecule has 3 aromatic rings. The fourth-order valence-corrected chi connectivity index (χ4v) is 4.00. The molecule has 0 saturated carbocycles.